The first-order valence-corrected chi connectivity index (χ1v) is 6.99. The second-order valence-electron chi connectivity index (χ2n) is 4.94. The smallest absolute Gasteiger partial charge is 0.0765 e. The van der Waals surface area contributed by atoms with Gasteiger partial charge in [-0.15, -0.1) is 0 Å². The first-order chi connectivity index (χ1) is 9.30. The number of benzene rings is 2. The molecule has 2 nitrogen and oxygen atoms in total. The van der Waals surface area contributed by atoms with Gasteiger partial charge >= 0.3 is 0 Å². The minimum atomic E-state index is 0.219. The molecule has 0 saturated heterocycles. The molecule has 2 aromatic rings. The zero-order valence-electron chi connectivity index (χ0n) is 12.0. The van der Waals surface area contributed by atoms with Crippen molar-refractivity contribution in [1.29, 1.82) is 0 Å². The van der Waals surface area contributed by atoms with Crippen LogP contribution < -0.4 is 5.32 Å². The van der Waals surface area contributed by atoms with Crippen LogP contribution >= 0.6 is 0 Å². The predicted octanol–water partition coefficient (Wildman–Crippen LogP) is 3.92. The van der Waals surface area contributed by atoms with Crippen LogP contribution in [0.4, 0.5) is 0 Å². The largest absolute Gasteiger partial charge is 0.379 e. The van der Waals surface area contributed by atoms with Crippen molar-refractivity contribution in [1.82, 2.24) is 5.32 Å². The third kappa shape index (κ3) is 3.14. The standard InChI is InChI=1S/C17H23NO/c1-4-7-16(19-3)17(18-2)15-11-10-13-8-5-6-9-14(13)12-15/h5-6,8-12,16-18H,4,7H2,1-3H3. The first kappa shape index (κ1) is 14.0. The second-order valence-corrected chi connectivity index (χ2v) is 4.94. The van der Waals surface area contributed by atoms with Gasteiger partial charge in [0.2, 0.25) is 0 Å². The monoisotopic (exact) mass is 257 g/mol. The molecule has 2 aromatic carbocycles. The van der Waals surface area contributed by atoms with Crippen molar-refractivity contribution in [2.45, 2.75) is 31.9 Å². The minimum Gasteiger partial charge on any atom is -0.379 e. The quantitative estimate of drug-likeness (QED) is 0.847. The van der Waals surface area contributed by atoms with E-state index >= 15 is 0 Å². The normalized spacial score (nSPS) is 14.5. The average Bonchev–Trinajstić information content (AvgIpc) is 2.47. The van der Waals surface area contributed by atoms with Gasteiger partial charge in [0.1, 0.15) is 0 Å². The Kier molecular flexibility index (Phi) is 4.94. The molecule has 0 saturated carbocycles. The van der Waals surface area contributed by atoms with Gasteiger partial charge in [0.05, 0.1) is 12.1 Å². The van der Waals surface area contributed by atoms with Gasteiger partial charge < -0.3 is 10.1 Å². The van der Waals surface area contributed by atoms with Gasteiger partial charge in [0.15, 0.2) is 0 Å². The van der Waals surface area contributed by atoms with Gasteiger partial charge in [-0.2, -0.15) is 0 Å². The van der Waals surface area contributed by atoms with Crippen LogP contribution in [-0.2, 0) is 4.74 Å². The van der Waals surface area contributed by atoms with Crippen molar-refractivity contribution in [3.8, 4) is 0 Å². The number of hydrogen-bond donors (Lipinski definition) is 1. The lowest BCUT2D eigenvalue weighted by Crippen LogP contribution is -2.30. The van der Waals surface area contributed by atoms with E-state index in [2.05, 4.69) is 54.7 Å². The Balaban J connectivity index is 2.34. The highest BCUT2D eigenvalue weighted by Gasteiger charge is 2.20. The zero-order chi connectivity index (χ0) is 13.7. The van der Waals surface area contributed by atoms with Crippen molar-refractivity contribution in [3.05, 3.63) is 48.0 Å². The summed E-state index contributed by atoms with van der Waals surface area (Å²) in [5.74, 6) is 0. The molecule has 0 amide bonds. The number of hydrogen-bond acceptors (Lipinski definition) is 2. The van der Waals surface area contributed by atoms with Crippen LogP contribution in [-0.4, -0.2) is 20.3 Å². The highest BCUT2D eigenvalue weighted by molar-refractivity contribution is 5.83. The summed E-state index contributed by atoms with van der Waals surface area (Å²) in [7, 11) is 3.80. The molecule has 2 unspecified atom stereocenters. The Morgan fingerprint density at radius 1 is 1.11 bits per heavy atom. The summed E-state index contributed by atoms with van der Waals surface area (Å²) in [6.45, 7) is 2.19. The van der Waals surface area contributed by atoms with Gasteiger partial charge in [-0.05, 0) is 35.9 Å². The molecule has 19 heavy (non-hydrogen) atoms. The maximum atomic E-state index is 5.65. The lowest BCUT2D eigenvalue weighted by molar-refractivity contribution is 0.0631. The summed E-state index contributed by atoms with van der Waals surface area (Å²) in [4.78, 5) is 0. The Morgan fingerprint density at radius 2 is 1.84 bits per heavy atom. The number of methoxy groups -OCH3 is 1. The molecule has 0 aliphatic rings. The number of likely N-dealkylation sites (N-methyl/N-ethyl adjacent to an activating group) is 1. The fourth-order valence-corrected chi connectivity index (χ4v) is 2.67. The highest BCUT2D eigenvalue weighted by atomic mass is 16.5. The van der Waals surface area contributed by atoms with Gasteiger partial charge in [0.25, 0.3) is 0 Å². The fraction of sp³-hybridized carbons (Fsp3) is 0.412. The molecule has 0 spiro atoms. The summed E-state index contributed by atoms with van der Waals surface area (Å²) in [6, 6.07) is 15.4. The van der Waals surface area contributed by atoms with E-state index in [9.17, 15) is 0 Å². The van der Waals surface area contributed by atoms with E-state index in [1.54, 1.807) is 7.11 Å². The second kappa shape index (κ2) is 6.69. The number of rotatable bonds is 6. The molecule has 1 N–H and O–H groups in total. The van der Waals surface area contributed by atoms with Crippen LogP contribution in [0.3, 0.4) is 0 Å². The molecule has 0 heterocycles. The van der Waals surface area contributed by atoms with Gasteiger partial charge in [-0.3, -0.25) is 0 Å². The van der Waals surface area contributed by atoms with Gasteiger partial charge in [0, 0.05) is 7.11 Å². The third-order valence-electron chi connectivity index (χ3n) is 3.69. The molecule has 0 radical (unpaired) electrons. The lowest BCUT2D eigenvalue weighted by atomic mass is 9.96. The molecule has 0 aliphatic heterocycles. The van der Waals surface area contributed by atoms with E-state index in [0.717, 1.165) is 12.8 Å². The Bertz CT molecular complexity index is 523. The van der Waals surface area contributed by atoms with E-state index in [1.807, 2.05) is 7.05 Å². The molecule has 0 aliphatic carbocycles. The number of nitrogens with one attached hydrogen (secondary N) is 1. The van der Waals surface area contributed by atoms with Crippen LogP contribution in [0.15, 0.2) is 42.5 Å². The first-order valence-electron chi connectivity index (χ1n) is 6.99. The van der Waals surface area contributed by atoms with Crippen LogP contribution in [0.25, 0.3) is 10.8 Å². The summed E-state index contributed by atoms with van der Waals surface area (Å²) >= 11 is 0. The summed E-state index contributed by atoms with van der Waals surface area (Å²) in [5, 5.41) is 5.96. The summed E-state index contributed by atoms with van der Waals surface area (Å²) in [6.07, 6.45) is 2.41. The summed E-state index contributed by atoms with van der Waals surface area (Å²) < 4.78 is 5.65. The maximum absolute atomic E-state index is 5.65. The minimum absolute atomic E-state index is 0.219. The van der Waals surface area contributed by atoms with Crippen molar-refractivity contribution in [2.24, 2.45) is 0 Å². The van der Waals surface area contributed by atoms with Crippen molar-refractivity contribution in [2.75, 3.05) is 14.2 Å². The average molecular weight is 257 g/mol. The Labute approximate surface area is 115 Å². The van der Waals surface area contributed by atoms with E-state index in [-0.39, 0.29) is 12.1 Å². The fourth-order valence-electron chi connectivity index (χ4n) is 2.67. The third-order valence-corrected chi connectivity index (χ3v) is 3.69. The van der Waals surface area contributed by atoms with Crippen LogP contribution in [0.5, 0.6) is 0 Å². The molecule has 2 heteroatoms. The van der Waals surface area contributed by atoms with E-state index in [4.69, 9.17) is 4.74 Å². The predicted molar refractivity (Wildman–Crippen MR) is 81.5 cm³/mol. The Hall–Kier alpha value is -1.38. The van der Waals surface area contributed by atoms with Crippen molar-refractivity contribution >= 4 is 10.8 Å². The van der Waals surface area contributed by atoms with Crippen molar-refractivity contribution < 1.29 is 4.74 Å². The number of fused-ring (bicyclic) bond motifs is 1. The molecule has 2 atom stereocenters. The molecule has 2 rings (SSSR count). The van der Waals surface area contributed by atoms with Crippen molar-refractivity contribution in [3.63, 3.8) is 0 Å². The SMILES string of the molecule is CCCC(OC)C(NC)c1ccc2ccccc2c1. The number of ether oxygens (including phenoxy) is 1. The Morgan fingerprint density at radius 3 is 2.47 bits per heavy atom. The lowest BCUT2D eigenvalue weighted by Gasteiger charge is -2.26. The van der Waals surface area contributed by atoms with E-state index in [1.165, 1.54) is 16.3 Å². The highest BCUT2D eigenvalue weighted by Crippen LogP contribution is 2.25. The van der Waals surface area contributed by atoms with Crippen LogP contribution in [0, 0.1) is 0 Å². The van der Waals surface area contributed by atoms with Gasteiger partial charge in [-0.1, -0.05) is 49.7 Å². The van der Waals surface area contributed by atoms with E-state index in [0.29, 0.717) is 0 Å². The molecule has 0 bridgehead atoms. The van der Waals surface area contributed by atoms with Crippen LogP contribution in [0.2, 0.25) is 0 Å². The molecule has 102 valence electrons. The molecular formula is C17H23NO. The maximum Gasteiger partial charge on any atom is 0.0765 e. The topological polar surface area (TPSA) is 21.3 Å². The zero-order valence-corrected chi connectivity index (χ0v) is 12.0. The molecular weight excluding hydrogens is 234 g/mol. The van der Waals surface area contributed by atoms with E-state index < -0.39 is 0 Å². The molecule has 0 fully saturated rings. The van der Waals surface area contributed by atoms with Crippen LogP contribution in [0.1, 0.15) is 31.4 Å². The summed E-state index contributed by atoms with van der Waals surface area (Å²) in [5.41, 5.74) is 1.29. The molecule has 0 aromatic heterocycles. The van der Waals surface area contributed by atoms with Gasteiger partial charge in [-0.25, -0.2) is 0 Å².